The maximum atomic E-state index is 12.7. The van der Waals surface area contributed by atoms with Crippen LogP contribution in [0, 0.1) is 13.8 Å². The quantitative estimate of drug-likeness (QED) is 0.799. The van der Waals surface area contributed by atoms with Gasteiger partial charge in [-0.3, -0.25) is 9.59 Å². The fourth-order valence-corrected chi connectivity index (χ4v) is 3.36. The lowest BCUT2D eigenvalue weighted by Gasteiger charge is -2.21. The lowest BCUT2D eigenvalue weighted by molar-refractivity contribution is -0.115. The first-order valence-corrected chi connectivity index (χ1v) is 9.83. The minimum atomic E-state index is -0.643. The number of nitrogens with one attached hydrogen (secondary N) is 2. The number of aryl methyl sites for hydroxylation is 2. The molecule has 1 fully saturated rings. The Bertz CT molecular complexity index is 974. The monoisotopic (exact) mass is 398 g/mol. The van der Waals surface area contributed by atoms with Crippen molar-refractivity contribution in [2.24, 2.45) is 0 Å². The van der Waals surface area contributed by atoms with Crippen LogP contribution in [0.25, 0.3) is 0 Å². The second-order valence-corrected chi connectivity index (χ2v) is 7.27. The maximum absolute atomic E-state index is 12.7. The summed E-state index contributed by atoms with van der Waals surface area (Å²) in [5, 5.41) is 5.53. The zero-order valence-corrected chi connectivity index (χ0v) is 17.0. The van der Waals surface area contributed by atoms with Gasteiger partial charge in [0.2, 0.25) is 5.91 Å². The van der Waals surface area contributed by atoms with E-state index in [0.29, 0.717) is 42.3 Å². The molecule has 0 bridgehead atoms. The molecular formula is C22H26N2O5. The van der Waals surface area contributed by atoms with E-state index in [1.165, 1.54) is 0 Å². The number of anilines is 2. The number of carbonyl (C=O) groups is 2. The van der Waals surface area contributed by atoms with Crippen LogP contribution in [0.4, 0.5) is 11.4 Å². The molecule has 154 valence electrons. The fraction of sp³-hybridized carbons (Fsp3) is 0.409. The standard InChI is InChI=1S/C22H26N2O5/c1-4-19(25)24-17-12-16(6-5-13(17)2)23-21(26)20-14(3)11-18(29-22(20)27)15-7-9-28-10-8-15/h5-6,11-12,15H,4,7-10H2,1-3H3,(H,23,26)(H,24,25). The molecule has 1 aliphatic rings. The van der Waals surface area contributed by atoms with Gasteiger partial charge in [-0.1, -0.05) is 13.0 Å². The number of carbonyl (C=O) groups excluding carboxylic acids is 2. The van der Waals surface area contributed by atoms with E-state index < -0.39 is 11.5 Å². The molecule has 2 heterocycles. The van der Waals surface area contributed by atoms with Crippen molar-refractivity contribution in [3.05, 3.63) is 57.1 Å². The highest BCUT2D eigenvalue weighted by atomic mass is 16.5. The van der Waals surface area contributed by atoms with E-state index in [2.05, 4.69) is 10.6 Å². The number of rotatable bonds is 5. The van der Waals surface area contributed by atoms with Gasteiger partial charge in [-0.25, -0.2) is 4.79 Å². The van der Waals surface area contributed by atoms with Crippen molar-refractivity contribution in [3.8, 4) is 0 Å². The fourth-order valence-electron chi connectivity index (χ4n) is 3.36. The molecule has 0 spiro atoms. The van der Waals surface area contributed by atoms with E-state index in [9.17, 15) is 14.4 Å². The topological polar surface area (TPSA) is 97.6 Å². The predicted octanol–water partition coefficient (Wildman–Crippen LogP) is 3.75. The van der Waals surface area contributed by atoms with E-state index in [-0.39, 0.29) is 17.4 Å². The second kappa shape index (κ2) is 9.05. The minimum Gasteiger partial charge on any atom is -0.427 e. The summed E-state index contributed by atoms with van der Waals surface area (Å²) in [6, 6.07) is 6.97. The third-order valence-corrected chi connectivity index (χ3v) is 5.11. The normalized spacial score (nSPS) is 14.4. The zero-order valence-electron chi connectivity index (χ0n) is 17.0. The molecule has 0 aliphatic carbocycles. The van der Waals surface area contributed by atoms with Gasteiger partial charge in [-0.15, -0.1) is 0 Å². The van der Waals surface area contributed by atoms with Crippen LogP contribution in [0.3, 0.4) is 0 Å². The number of ether oxygens (including phenoxy) is 1. The summed E-state index contributed by atoms with van der Waals surface area (Å²) >= 11 is 0. The number of hydrogen-bond donors (Lipinski definition) is 2. The molecule has 1 aromatic carbocycles. The molecule has 2 aromatic rings. The smallest absolute Gasteiger partial charge is 0.349 e. The molecule has 0 radical (unpaired) electrons. The molecule has 0 unspecified atom stereocenters. The highest BCUT2D eigenvalue weighted by molar-refractivity contribution is 6.05. The largest absolute Gasteiger partial charge is 0.427 e. The van der Waals surface area contributed by atoms with E-state index in [1.807, 2.05) is 6.92 Å². The molecular weight excluding hydrogens is 372 g/mol. The first kappa shape index (κ1) is 20.8. The summed E-state index contributed by atoms with van der Waals surface area (Å²) in [6.07, 6.45) is 1.95. The Labute approximate surface area is 169 Å². The van der Waals surface area contributed by atoms with E-state index in [0.717, 1.165) is 18.4 Å². The molecule has 2 amide bonds. The lowest BCUT2D eigenvalue weighted by atomic mass is 9.95. The first-order valence-electron chi connectivity index (χ1n) is 9.83. The number of benzene rings is 1. The molecule has 1 saturated heterocycles. The van der Waals surface area contributed by atoms with Crippen molar-refractivity contribution >= 4 is 23.2 Å². The molecule has 0 saturated carbocycles. The Morgan fingerprint density at radius 3 is 2.45 bits per heavy atom. The maximum Gasteiger partial charge on any atom is 0.349 e. The van der Waals surface area contributed by atoms with Gasteiger partial charge < -0.3 is 19.8 Å². The summed E-state index contributed by atoms with van der Waals surface area (Å²) in [5.41, 5.74) is 1.90. The third kappa shape index (κ3) is 4.92. The summed E-state index contributed by atoms with van der Waals surface area (Å²) in [7, 11) is 0. The summed E-state index contributed by atoms with van der Waals surface area (Å²) < 4.78 is 10.8. The van der Waals surface area contributed by atoms with Gasteiger partial charge in [0.25, 0.3) is 5.91 Å². The second-order valence-electron chi connectivity index (χ2n) is 7.27. The first-order chi connectivity index (χ1) is 13.9. The zero-order chi connectivity index (χ0) is 21.0. The van der Waals surface area contributed by atoms with Crippen molar-refractivity contribution in [2.45, 2.75) is 46.0 Å². The Kier molecular flexibility index (Phi) is 6.49. The van der Waals surface area contributed by atoms with Gasteiger partial charge in [0.15, 0.2) is 0 Å². The highest BCUT2D eigenvalue weighted by Gasteiger charge is 2.23. The van der Waals surface area contributed by atoms with Crippen LogP contribution in [0.2, 0.25) is 0 Å². The van der Waals surface area contributed by atoms with Gasteiger partial charge in [-0.2, -0.15) is 0 Å². The Morgan fingerprint density at radius 1 is 1.07 bits per heavy atom. The summed E-state index contributed by atoms with van der Waals surface area (Å²) in [4.78, 5) is 36.9. The molecule has 2 N–H and O–H groups in total. The van der Waals surface area contributed by atoms with Crippen LogP contribution in [-0.2, 0) is 9.53 Å². The van der Waals surface area contributed by atoms with Gasteiger partial charge in [0.1, 0.15) is 11.3 Å². The van der Waals surface area contributed by atoms with Crippen molar-refractivity contribution in [1.82, 2.24) is 0 Å². The SMILES string of the molecule is CCC(=O)Nc1cc(NC(=O)c2c(C)cc(C3CCOCC3)oc2=O)ccc1C. The lowest BCUT2D eigenvalue weighted by Crippen LogP contribution is -2.24. The van der Waals surface area contributed by atoms with Gasteiger partial charge in [-0.05, 0) is 56.0 Å². The van der Waals surface area contributed by atoms with E-state index in [4.69, 9.17) is 9.15 Å². The van der Waals surface area contributed by atoms with Crippen LogP contribution in [0.1, 0.15) is 59.3 Å². The molecule has 7 nitrogen and oxygen atoms in total. The van der Waals surface area contributed by atoms with Crippen molar-refractivity contribution in [1.29, 1.82) is 0 Å². The van der Waals surface area contributed by atoms with Gasteiger partial charge in [0, 0.05) is 36.9 Å². The van der Waals surface area contributed by atoms with Crippen LogP contribution in [0.5, 0.6) is 0 Å². The van der Waals surface area contributed by atoms with Crippen molar-refractivity contribution < 1.29 is 18.7 Å². The van der Waals surface area contributed by atoms with Crippen LogP contribution in [0.15, 0.2) is 33.5 Å². The summed E-state index contributed by atoms with van der Waals surface area (Å²) in [6.45, 7) is 6.64. The highest BCUT2D eigenvalue weighted by Crippen LogP contribution is 2.27. The Hall–Kier alpha value is -2.93. The van der Waals surface area contributed by atoms with Crippen molar-refractivity contribution in [3.63, 3.8) is 0 Å². The molecule has 7 heteroatoms. The van der Waals surface area contributed by atoms with Crippen LogP contribution >= 0.6 is 0 Å². The number of hydrogen-bond acceptors (Lipinski definition) is 5. The van der Waals surface area contributed by atoms with Crippen LogP contribution in [-0.4, -0.2) is 25.0 Å². The number of amides is 2. The van der Waals surface area contributed by atoms with Crippen molar-refractivity contribution in [2.75, 3.05) is 23.8 Å². The van der Waals surface area contributed by atoms with E-state index >= 15 is 0 Å². The minimum absolute atomic E-state index is 0.0134. The molecule has 29 heavy (non-hydrogen) atoms. The average Bonchev–Trinajstić information content (AvgIpc) is 2.70. The predicted molar refractivity (Wildman–Crippen MR) is 111 cm³/mol. The Morgan fingerprint density at radius 2 is 1.79 bits per heavy atom. The van der Waals surface area contributed by atoms with Gasteiger partial charge in [0.05, 0.1) is 0 Å². The van der Waals surface area contributed by atoms with Crippen LogP contribution < -0.4 is 16.3 Å². The molecule has 3 rings (SSSR count). The Balaban J connectivity index is 1.81. The van der Waals surface area contributed by atoms with Gasteiger partial charge >= 0.3 is 5.63 Å². The summed E-state index contributed by atoms with van der Waals surface area (Å²) in [5.74, 6) is 0.0875. The molecule has 0 atom stereocenters. The third-order valence-electron chi connectivity index (χ3n) is 5.11. The molecule has 1 aliphatic heterocycles. The average molecular weight is 398 g/mol. The van der Waals surface area contributed by atoms with E-state index in [1.54, 1.807) is 38.1 Å². The molecule has 1 aromatic heterocycles.